The maximum atomic E-state index is 12.4. The first-order valence-electron chi connectivity index (χ1n) is 5.40. The van der Waals surface area contributed by atoms with Gasteiger partial charge in [-0.05, 0) is 33.6 Å². The van der Waals surface area contributed by atoms with Gasteiger partial charge >= 0.3 is 5.69 Å². The van der Waals surface area contributed by atoms with Crippen molar-refractivity contribution in [2.45, 2.75) is 6.54 Å². The third kappa shape index (κ3) is 3.53. The summed E-state index contributed by atoms with van der Waals surface area (Å²) in [5, 5.41) is 3.90. The summed E-state index contributed by atoms with van der Waals surface area (Å²) < 4.78 is 15.7. The minimum Gasteiger partial charge on any atom is -0.327 e. The van der Waals surface area contributed by atoms with Crippen LogP contribution >= 0.6 is 28.3 Å². The van der Waals surface area contributed by atoms with Gasteiger partial charge in [-0.15, -0.1) is 12.4 Å². The van der Waals surface area contributed by atoms with Gasteiger partial charge in [-0.2, -0.15) is 5.10 Å². The molecule has 6 nitrogen and oxygen atoms in total. The molecular formula is C11H12BrClFN5O. The van der Waals surface area contributed by atoms with Gasteiger partial charge in [-0.3, -0.25) is 0 Å². The number of nitrogens with zero attached hydrogens (tertiary/aromatic N) is 4. The number of nitrogens with two attached hydrogens (primary N) is 1. The highest BCUT2D eigenvalue weighted by atomic mass is 79.9. The maximum Gasteiger partial charge on any atom is 0.351 e. The lowest BCUT2D eigenvalue weighted by Crippen LogP contribution is -2.26. The molecule has 0 aliphatic carbocycles. The summed E-state index contributed by atoms with van der Waals surface area (Å²) in [6.45, 7) is 0.0572. The number of hydrogen-bond acceptors (Lipinski definition) is 4. The summed E-state index contributed by atoms with van der Waals surface area (Å²) in [6.07, 6.45) is 3.31. The van der Waals surface area contributed by atoms with E-state index in [1.54, 1.807) is 18.3 Å². The van der Waals surface area contributed by atoms with E-state index >= 15 is 0 Å². The molecule has 0 aliphatic rings. The van der Waals surface area contributed by atoms with Crippen LogP contribution in [-0.2, 0) is 6.54 Å². The van der Waals surface area contributed by atoms with Crippen molar-refractivity contribution in [3.05, 3.63) is 51.5 Å². The van der Waals surface area contributed by atoms with Crippen molar-refractivity contribution in [1.29, 1.82) is 0 Å². The Labute approximate surface area is 128 Å². The number of aromatic nitrogens is 4. The van der Waals surface area contributed by atoms with Crippen LogP contribution in [0.1, 0.15) is 0 Å². The Balaban J connectivity index is 0.00000200. The Morgan fingerprint density at radius 1 is 1.50 bits per heavy atom. The normalized spacial score (nSPS) is 11.2. The number of hydrogen-bond donors (Lipinski definition) is 1. The standard InChI is InChI=1S/C11H11BrFN5O.ClH/c12-9-1-2-10(15-5-9)17-7-16-18(11(17)19)6-8(3-13)4-14;/h1-3,5,7H,4,6,14H2;1H/b8-3+;. The van der Waals surface area contributed by atoms with Crippen LogP contribution in [0.15, 0.2) is 45.8 Å². The molecule has 0 aromatic carbocycles. The SMILES string of the molecule is Cl.NC/C(=C\F)Cn1ncn(-c2ccc(Br)cn2)c1=O. The first-order chi connectivity index (χ1) is 9.15. The van der Waals surface area contributed by atoms with Crippen molar-refractivity contribution in [3.8, 4) is 5.82 Å². The molecule has 0 atom stereocenters. The van der Waals surface area contributed by atoms with Crippen molar-refractivity contribution in [3.63, 3.8) is 0 Å². The third-order valence-corrected chi connectivity index (χ3v) is 2.93. The van der Waals surface area contributed by atoms with E-state index in [1.807, 2.05) is 0 Å². The Hall–Kier alpha value is -1.51. The van der Waals surface area contributed by atoms with Gasteiger partial charge in [-0.25, -0.2) is 23.4 Å². The fourth-order valence-electron chi connectivity index (χ4n) is 1.45. The molecule has 108 valence electrons. The van der Waals surface area contributed by atoms with Crippen LogP contribution < -0.4 is 11.4 Å². The zero-order valence-corrected chi connectivity index (χ0v) is 12.6. The number of halogens is 3. The molecule has 2 heterocycles. The van der Waals surface area contributed by atoms with Crippen LogP contribution in [0.25, 0.3) is 5.82 Å². The second-order valence-corrected chi connectivity index (χ2v) is 4.66. The van der Waals surface area contributed by atoms with E-state index < -0.39 is 5.69 Å². The van der Waals surface area contributed by atoms with Crippen LogP contribution in [-0.4, -0.2) is 25.9 Å². The molecule has 0 saturated heterocycles. The molecule has 0 aliphatic heterocycles. The Morgan fingerprint density at radius 3 is 2.80 bits per heavy atom. The van der Waals surface area contributed by atoms with E-state index in [2.05, 4.69) is 26.0 Å². The topological polar surface area (TPSA) is 78.7 Å². The molecule has 0 bridgehead atoms. The van der Waals surface area contributed by atoms with Crippen LogP contribution in [0.3, 0.4) is 0 Å². The van der Waals surface area contributed by atoms with Crippen LogP contribution in [0.4, 0.5) is 4.39 Å². The van der Waals surface area contributed by atoms with Crippen molar-refractivity contribution < 1.29 is 4.39 Å². The highest BCUT2D eigenvalue weighted by Gasteiger charge is 2.09. The van der Waals surface area contributed by atoms with Gasteiger partial charge in [0.05, 0.1) is 12.9 Å². The molecule has 0 saturated carbocycles. The lowest BCUT2D eigenvalue weighted by molar-refractivity contribution is 0.612. The summed E-state index contributed by atoms with van der Waals surface area (Å²) in [5.74, 6) is 0.443. The minimum absolute atomic E-state index is 0. The van der Waals surface area contributed by atoms with Gasteiger partial charge in [0.2, 0.25) is 0 Å². The fourth-order valence-corrected chi connectivity index (χ4v) is 1.68. The van der Waals surface area contributed by atoms with Gasteiger partial charge in [0.1, 0.15) is 12.1 Å². The van der Waals surface area contributed by atoms with E-state index in [1.165, 1.54) is 10.9 Å². The highest BCUT2D eigenvalue weighted by Crippen LogP contribution is 2.09. The molecule has 0 amide bonds. The first-order valence-corrected chi connectivity index (χ1v) is 6.19. The number of rotatable bonds is 4. The first kappa shape index (κ1) is 16.5. The fraction of sp³-hybridized carbons (Fsp3) is 0.182. The van der Waals surface area contributed by atoms with Gasteiger partial charge in [0.25, 0.3) is 0 Å². The van der Waals surface area contributed by atoms with E-state index in [9.17, 15) is 9.18 Å². The second kappa shape index (κ2) is 7.32. The molecule has 2 aromatic heterocycles. The zero-order valence-electron chi connectivity index (χ0n) is 10.2. The van der Waals surface area contributed by atoms with Crippen molar-refractivity contribution >= 4 is 28.3 Å². The lowest BCUT2D eigenvalue weighted by Gasteiger charge is -2.01. The summed E-state index contributed by atoms with van der Waals surface area (Å²) in [6, 6.07) is 3.44. The molecule has 0 spiro atoms. The van der Waals surface area contributed by atoms with E-state index in [0.717, 1.165) is 9.15 Å². The molecule has 20 heavy (non-hydrogen) atoms. The smallest absolute Gasteiger partial charge is 0.327 e. The molecule has 2 aromatic rings. The van der Waals surface area contributed by atoms with Crippen molar-refractivity contribution in [1.82, 2.24) is 19.3 Å². The van der Waals surface area contributed by atoms with Gasteiger partial charge in [0, 0.05) is 17.2 Å². The Bertz CT molecular complexity index is 652. The zero-order chi connectivity index (χ0) is 13.8. The van der Waals surface area contributed by atoms with Crippen molar-refractivity contribution in [2.75, 3.05) is 6.54 Å². The summed E-state index contributed by atoms with van der Waals surface area (Å²) >= 11 is 3.26. The quantitative estimate of drug-likeness (QED) is 0.890. The number of pyridine rings is 1. The van der Waals surface area contributed by atoms with Crippen LogP contribution in [0.5, 0.6) is 0 Å². The maximum absolute atomic E-state index is 12.4. The highest BCUT2D eigenvalue weighted by molar-refractivity contribution is 9.10. The summed E-state index contributed by atoms with van der Waals surface area (Å²) in [4.78, 5) is 16.1. The molecule has 0 fully saturated rings. The average molecular weight is 365 g/mol. The minimum atomic E-state index is -0.400. The van der Waals surface area contributed by atoms with Gasteiger partial charge < -0.3 is 5.73 Å². The lowest BCUT2D eigenvalue weighted by atomic mass is 10.3. The largest absolute Gasteiger partial charge is 0.351 e. The third-order valence-electron chi connectivity index (χ3n) is 2.46. The van der Waals surface area contributed by atoms with Gasteiger partial charge in [-0.1, -0.05) is 0 Å². The molecule has 0 radical (unpaired) electrons. The Morgan fingerprint density at radius 2 is 2.25 bits per heavy atom. The van der Waals surface area contributed by atoms with E-state index in [0.29, 0.717) is 12.1 Å². The van der Waals surface area contributed by atoms with Gasteiger partial charge in [0.15, 0.2) is 0 Å². The second-order valence-electron chi connectivity index (χ2n) is 3.75. The van der Waals surface area contributed by atoms with E-state index in [-0.39, 0.29) is 31.1 Å². The Kier molecular flexibility index (Phi) is 6.05. The van der Waals surface area contributed by atoms with Crippen LogP contribution in [0.2, 0.25) is 0 Å². The molecule has 0 unspecified atom stereocenters. The van der Waals surface area contributed by atoms with Crippen molar-refractivity contribution in [2.24, 2.45) is 5.73 Å². The predicted octanol–water partition coefficient (Wildman–Crippen LogP) is 1.43. The monoisotopic (exact) mass is 363 g/mol. The summed E-state index contributed by atoms with van der Waals surface area (Å²) in [5.41, 5.74) is 5.23. The van der Waals surface area contributed by atoms with Crippen LogP contribution in [0, 0.1) is 0 Å². The molecule has 2 rings (SSSR count). The summed E-state index contributed by atoms with van der Waals surface area (Å²) in [7, 11) is 0. The molecular weight excluding hydrogens is 353 g/mol. The molecule has 9 heteroatoms. The average Bonchev–Trinajstić information content (AvgIpc) is 2.78. The molecule has 2 N–H and O–H groups in total. The predicted molar refractivity (Wildman–Crippen MR) is 78.8 cm³/mol. The van der Waals surface area contributed by atoms with E-state index in [4.69, 9.17) is 5.73 Å².